The van der Waals surface area contributed by atoms with Gasteiger partial charge in [-0.05, 0) is 55.6 Å². The molecule has 3 heterocycles. The van der Waals surface area contributed by atoms with Crippen LogP contribution in [0.25, 0.3) is 11.0 Å². The monoisotopic (exact) mass is 380 g/mol. The summed E-state index contributed by atoms with van der Waals surface area (Å²) in [4.78, 5) is 17.1. The molecule has 1 aromatic carbocycles. The van der Waals surface area contributed by atoms with Crippen LogP contribution < -0.4 is 5.32 Å². The van der Waals surface area contributed by atoms with E-state index in [1.54, 1.807) is 0 Å². The molecule has 146 valence electrons. The van der Waals surface area contributed by atoms with Gasteiger partial charge in [0.2, 0.25) is 0 Å². The second-order valence-electron chi connectivity index (χ2n) is 7.15. The minimum Gasteiger partial charge on any atom is -0.469 e. The Balaban J connectivity index is 0.00000240. The van der Waals surface area contributed by atoms with Crippen LogP contribution in [0.2, 0.25) is 0 Å². The first-order valence-corrected chi connectivity index (χ1v) is 9.71. The van der Waals surface area contributed by atoms with Crippen LogP contribution in [0.15, 0.2) is 24.3 Å². The average molecular weight is 380 g/mol. The van der Waals surface area contributed by atoms with Gasteiger partial charge in [-0.1, -0.05) is 17.3 Å². The summed E-state index contributed by atoms with van der Waals surface area (Å²) in [6, 6.07) is 8.29. The molecule has 0 saturated carbocycles. The van der Waals surface area contributed by atoms with Crippen molar-refractivity contribution in [2.45, 2.75) is 45.7 Å². The molecular formula is C21H26N5O2+. The number of aryl methyl sites for hydroxylation is 2. The Morgan fingerprint density at radius 3 is 3.00 bits per heavy atom. The summed E-state index contributed by atoms with van der Waals surface area (Å²) >= 11 is 0. The molecule has 1 atom stereocenters. The molecule has 0 fully saturated rings. The number of ether oxygens (including phenoxy) is 1. The molecule has 0 amide bonds. The number of carbonyl (C=O) groups is 1. The molecule has 1 aliphatic heterocycles. The fraction of sp³-hybridized carbons (Fsp3) is 0.429. The maximum Gasteiger partial charge on any atom is 1.00 e. The fourth-order valence-corrected chi connectivity index (χ4v) is 3.97. The Labute approximate surface area is 165 Å². The van der Waals surface area contributed by atoms with Crippen molar-refractivity contribution in [1.29, 1.82) is 0 Å². The third-order valence-corrected chi connectivity index (χ3v) is 5.57. The number of rotatable bonds is 5. The lowest BCUT2D eigenvalue weighted by atomic mass is 9.87. The lowest BCUT2D eigenvalue weighted by molar-refractivity contribution is -0.140. The minimum atomic E-state index is -0.251. The molecule has 2 aromatic heterocycles. The van der Waals surface area contributed by atoms with E-state index in [0.29, 0.717) is 0 Å². The number of nitrogens with one attached hydrogen (secondary N) is 1. The zero-order valence-electron chi connectivity index (χ0n) is 17.5. The molecule has 1 aliphatic rings. The standard InChI is InChI=1S/C21H25N5O2/c1-4-26-19-8-6-15(13(2)21(19)24-25-26)16(11-20(27)28-3)17-7-5-14-9-10-22-12-18(14)23-17/h5-8,16,22H,4,9-12H2,1-3H3/p+1. The molecule has 0 aliphatic carbocycles. The summed E-state index contributed by atoms with van der Waals surface area (Å²) in [6.07, 6.45) is 1.22. The first-order valence-electron chi connectivity index (χ1n) is 9.71. The molecule has 7 nitrogen and oxygen atoms in total. The van der Waals surface area contributed by atoms with Crippen LogP contribution in [0.4, 0.5) is 0 Å². The SMILES string of the molecule is CCn1nnc2c(C)c(C(CC(=O)OC)c3ccc4c(n3)CNCC4)ccc21.[H+]. The first-order chi connectivity index (χ1) is 13.6. The highest BCUT2D eigenvalue weighted by atomic mass is 16.5. The van der Waals surface area contributed by atoms with Gasteiger partial charge in [-0.25, -0.2) is 4.68 Å². The van der Waals surface area contributed by atoms with E-state index in [0.717, 1.165) is 59.6 Å². The van der Waals surface area contributed by atoms with Gasteiger partial charge >= 0.3 is 7.40 Å². The summed E-state index contributed by atoms with van der Waals surface area (Å²) in [5.41, 5.74) is 7.17. The lowest BCUT2D eigenvalue weighted by Crippen LogP contribution is -2.25. The van der Waals surface area contributed by atoms with Crippen molar-refractivity contribution >= 4 is 17.0 Å². The summed E-state index contributed by atoms with van der Waals surface area (Å²) in [5.74, 6) is -0.435. The number of hydrogen-bond donors (Lipinski definition) is 1. The van der Waals surface area contributed by atoms with Crippen LogP contribution in [0.1, 0.15) is 48.8 Å². The van der Waals surface area contributed by atoms with Crippen molar-refractivity contribution in [3.05, 3.63) is 52.3 Å². The van der Waals surface area contributed by atoms with E-state index in [2.05, 4.69) is 27.8 Å². The first kappa shape index (κ1) is 18.6. The number of nitrogens with zero attached hydrogens (tertiary/aromatic N) is 4. The van der Waals surface area contributed by atoms with Gasteiger partial charge in [0.15, 0.2) is 0 Å². The average Bonchev–Trinajstić information content (AvgIpc) is 3.16. The van der Waals surface area contributed by atoms with E-state index < -0.39 is 0 Å². The van der Waals surface area contributed by atoms with Crippen LogP contribution >= 0.6 is 0 Å². The lowest BCUT2D eigenvalue weighted by Gasteiger charge is -2.22. The van der Waals surface area contributed by atoms with Gasteiger partial charge in [0.25, 0.3) is 0 Å². The molecule has 0 bridgehead atoms. The number of methoxy groups -OCH3 is 1. The molecule has 0 spiro atoms. The van der Waals surface area contributed by atoms with Crippen molar-refractivity contribution in [2.24, 2.45) is 0 Å². The number of carbonyl (C=O) groups excluding carboxylic acids is 1. The van der Waals surface area contributed by atoms with Gasteiger partial charge in [0.1, 0.15) is 5.52 Å². The minimum absolute atomic E-state index is 0. The van der Waals surface area contributed by atoms with E-state index in [1.165, 1.54) is 12.7 Å². The van der Waals surface area contributed by atoms with Gasteiger partial charge in [0, 0.05) is 24.7 Å². The molecule has 0 radical (unpaired) electrons. The zero-order valence-corrected chi connectivity index (χ0v) is 16.5. The van der Waals surface area contributed by atoms with Crippen molar-refractivity contribution in [2.75, 3.05) is 13.7 Å². The molecule has 0 saturated heterocycles. The molecular weight excluding hydrogens is 354 g/mol. The van der Waals surface area contributed by atoms with E-state index in [9.17, 15) is 4.79 Å². The van der Waals surface area contributed by atoms with Crippen molar-refractivity contribution in [1.82, 2.24) is 25.3 Å². The molecule has 4 rings (SSSR count). The number of fused-ring (bicyclic) bond motifs is 2. The Kier molecular flexibility index (Phi) is 5.09. The number of hydrogen-bond acceptors (Lipinski definition) is 6. The van der Waals surface area contributed by atoms with E-state index in [4.69, 9.17) is 9.72 Å². The van der Waals surface area contributed by atoms with Gasteiger partial charge in [-0.3, -0.25) is 9.78 Å². The van der Waals surface area contributed by atoms with E-state index in [-0.39, 0.29) is 19.7 Å². The van der Waals surface area contributed by atoms with Crippen LogP contribution in [-0.2, 0) is 29.0 Å². The highest BCUT2D eigenvalue weighted by molar-refractivity contribution is 5.80. The summed E-state index contributed by atoms with van der Waals surface area (Å²) in [5, 5.41) is 12.0. The van der Waals surface area contributed by atoms with Crippen LogP contribution in [0.5, 0.6) is 0 Å². The summed E-state index contributed by atoms with van der Waals surface area (Å²) in [6.45, 7) is 6.58. The normalized spacial score (nSPS) is 14.7. The van der Waals surface area contributed by atoms with Gasteiger partial charge < -0.3 is 10.1 Å². The van der Waals surface area contributed by atoms with Gasteiger partial charge in [-0.2, -0.15) is 0 Å². The summed E-state index contributed by atoms with van der Waals surface area (Å²) in [7, 11) is 1.42. The zero-order chi connectivity index (χ0) is 19.7. The highest BCUT2D eigenvalue weighted by Crippen LogP contribution is 2.33. The second-order valence-corrected chi connectivity index (χ2v) is 7.15. The third-order valence-electron chi connectivity index (χ3n) is 5.57. The maximum atomic E-state index is 12.2. The quantitative estimate of drug-likeness (QED) is 0.685. The number of pyridine rings is 1. The number of esters is 1. The molecule has 7 heteroatoms. The maximum absolute atomic E-state index is 12.2. The van der Waals surface area contributed by atoms with Crippen LogP contribution in [0.3, 0.4) is 0 Å². The van der Waals surface area contributed by atoms with Gasteiger partial charge in [0.05, 0.1) is 24.7 Å². The fourth-order valence-electron chi connectivity index (χ4n) is 3.97. The molecule has 3 aromatic rings. The van der Waals surface area contributed by atoms with E-state index >= 15 is 0 Å². The third kappa shape index (κ3) is 3.26. The predicted octanol–water partition coefficient (Wildman–Crippen LogP) is 2.61. The molecule has 1 N–H and O–H groups in total. The molecule has 28 heavy (non-hydrogen) atoms. The van der Waals surface area contributed by atoms with Crippen LogP contribution in [0, 0.1) is 6.92 Å². The van der Waals surface area contributed by atoms with E-state index in [1.807, 2.05) is 30.7 Å². The van der Waals surface area contributed by atoms with Crippen molar-refractivity contribution in [3.63, 3.8) is 0 Å². The van der Waals surface area contributed by atoms with Crippen LogP contribution in [-0.4, -0.2) is 39.6 Å². The largest absolute Gasteiger partial charge is 1.00 e. The Bertz CT molecular complexity index is 1030. The Morgan fingerprint density at radius 1 is 1.36 bits per heavy atom. The highest BCUT2D eigenvalue weighted by Gasteiger charge is 2.25. The summed E-state index contributed by atoms with van der Waals surface area (Å²) < 4.78 is 6.85. The van der Waals surface area contributed by atoms with Gasteiger partial charge in [-0.15, -0.1) is 5.10 Å². The number of aromatic nitrogens is 4. The Hall–Kier alpha value is -2.80. The molecule has 1 unspecified atom stereocenters. The number of benzene rings is 1. The second kappa shape index (κ2) is 7.67. The smallest absolute Gasteiger partial charge is 0.469 e. The predicted molar refractivity (Wildman–Crippen MR) is 107 cm³/mol. The topological polar surface area (TPSA) is 81.9 Å². The van der Waals surface area contributed by atoms with Crippen molar-refractivity contribution in [3.8, 4) is 0 Å². The van der Waals surface area contributed by atoms with Crippen molar-refractivity contribution < 1.29 is 11.0 Å². The Morgan fingerprint density at radius 2 is 2.21 bits per heavy atom.